The Kier molecular flexibility index (Phi) is 1.35. The lowest BCUT2D eigenvalue weighted by Crippen LogP contribution is -2.18. The fourth-order valence-corrected chi connectivity index (χ4v) is 1.42. The average molecular weight is 154 g/mol. The molecule has 1 heterocycles. The predicted octanol–water partition coefficient (Wildman–Crippen LogP) is 0.106. The van der Waals surface area contributed by atoms with Gasteiger partial charge in [0.1, 0.15) is 0 Å². The van der Waals surface area contributed by atoms with Crippen molar-refractivity contribution in [3.63, 3.8) is 0 Å². The fourth-order valence-electron chi connectivity index (χ4n) is 1.42. The first-order valence-electron chi connectivity index (χ1n) is 3.68. The summed E-state index contributed by atoms with van der Waals surface area (Å²) in [6, 6.07) is 0. The number of anilines is 1. The standard InChI is InChI=1S/C7H10N2O2/c8-7-5-2-1-4(10)3-6(5)9-11-7/h4,10H,1-3,8H2. The number of fused-ring (bicyclic) bond motifs is 1. The summed E-state index contributed by atoms with van der Waals surface area (Å²) < 4.78 is 4.78. The quantitative estimate of drug-likeness (QED) is 0.556. The third kappa shape index (κ3) is 0.991. The van der Waals surface area contributed by atoms with E-state index in [-0.39, 0.29) is 6.10 Å². The maximum atomic E-state index is 9.24. The van der Waals surface area contributed by atoms with Gasteiger partial charge >= 0.3 is 0 Å². The van der Waals surface area contributed by atoms with Gasteiger partial charge in [-0.15, -0.1) is 0 Å². The number of hydrogen-bond donors (Lipinski definition) is 2. The van der Waals surface area contributed by atoms with Crippen LogP contribution in [0.5, 0.6) is 0 Å². The zero-order chi connectivity index (χ0) is 7.84. The first kappa shape index (κ1) is 6.67. The number of hydrogen-bond acceptors (Lipinski definition) is 4. The van der Waals surface area contributed by atoms with Crippen molar-refractivity contribution in [2.75, 3.05) is 5.73 Å². The van der Waals surface area contributed by atoms with E-state index in [2.05, 4.69) is 5.16 Å². The third-order valence-electron chi connectivity index (χ3n) is 2.06. The van der Waals surface area contributed by atoms with Gasteiger partial charge in [-0.1, -0.05) is 5.16 Å². The molecule has 1 aromatic rings. The zero-order valence-electron chi connectivity index (χ0n) is 6.08. The van der Waals surface area contributed by atoms with Crippen molar-refractivity contribution >= 4 is 5.88 Å². The molecule has 60 valence electrons. The van der Waals surface area contributed by atoms with Gasteiger partial charge in [0.15, 0.2) is 0 Å². The number of nitrogen functional groups attached to an aromatic ring is 1. The smallest absolute Gasteiger partial charge is 0.225 e. The summed E-state index contributed by atoms with van der Waals surface area (Å²) in [7, 11) is 0. The van der Waals surface area contributed by atoms with E-state index in [4.69, 9.17) is 10.3 Å². The molecule has 1 aliphatic rings. The highest BCUT2D eigenvalue weighted by Crippen LogP contribution is 2.25. The van der Waals surface area contributed by atoms with Gasteiger partial charge in [0, 0.05) is 12.0 Å². The predicted molar refractivity (Wildman–Crippen MR) is 38.9 cm³/mol. The molecule has 0 bridgehead atoms. The molecule has 1 unspecified atom stereocenters. The van der Waals surface area contributed by atoms with Gasteiger partial charge < -0.3 is 15.4 Å². The number of aliphatic hydroxyl groups is 1. The molecule has 3 N–H and O–H groups in total. The zero-order valence-corrected chi connectivity index (χ0v) is 6.08. The molecule has 4 heteroatoms. The highest BCUT2D eigenvalue weighted by atomic mass is 16.5. The van der Waals surface area contributed by atoms with Gasteiger partial charge in [-0.05, 0) is 12.8 Å². The van der Waals surface area contributed by atoms with E-state index in [1.807, 2.05) is 0 Å². The van der Waals surface area contributed by atoms with Crippen molar-refractivity contribution in [1.82, 2.24) is 5.16 Å². The number of nitrogens with zero attached hydrogens (tertiary/aromatic N) is 1. The maximum absolute atomic E-state index is 9.24. The van der Waals surface area contributed by atoms with Gasteiger partial charge in [0.2, 0.25) is 5.88 Å². The maximum Gasteiger partial charge on any atom is 0.225 e. The van der Waals surface area contributed by atoms with Crippen LogP contribution in [0, 0.1) is 0 Å². The van der Waals surface area contributed by atoms with E-state index in [9.17, 15) is 5.11 Å². The largest absolute Gasteiger partial charge is 0.393 e. The lowest BCUT2D eigenvalue weighted by atomic mass is 9.95. The molecule has 0 saturated carbocycles. The molecule has 0 saturated heterocycles. The molecule has 4 nitrogen and oxygen atoms in total. The van der Waals surface area contributed by atoms with E-state index in [0.717, 1.165) is 24.1 Å². The molecule has 0 spiro atoms. The van der Waals surface area contributed by atoms with E-state index in [0.29, 0.717) is 12.3 Å². The Balaban J connectivity index is 2.36. The number of aliphatic hydroxyl groups excluding tert-OH is 1. The highest BCUT2D eigenvalue weighted by molar-refractivity contribution is 5.40. The second kappa shape index (κ2) is 2.23. The Morgan fingerprint density at radius 1 is 1.64 bits per heavy atom. The van der Waals surface area contributed by atoms with Crippen LogP contribution in [0.25, 0.3) is 0 Å². The third-order valence-corrected chi connectivity index (χ3v) is 2.06. The minimum Gasteiger partial charge on any atom is -0.393 e. The van der Waals surface area contributed by atoms with Gasteiger partial charge in [0.25, 0.3) is 0 Å². The topological polar surface area (TPSA) is 72.3 Å². The van der Waals surface area contributed by atoms with Crippen LogP contribution in [0.4, 0.5) is 5.88 Å². The minimum absolute atomic E-state index is 0.271. The molecule has 0 aliphatic heterocycles. The van der Waals surface area contributed by atoms with E-state index in [1.165, 1.54) is 0 Å². The van der Waals surface area contributed by atoms with Gasteiger partial charge in [-0.2, -0.15) is 0 Å². The van der Waals surface area contributed by atoms with Crippen LogP contribution < -0.4 is 5.73 Å². The molecule has 1 atom stereocenters. The van der Waals surface area contributed by atoms with E-state index < -0.39 is 0 Å². The number of nitrogens with two attached hydrogens (primary N) is 1. The van der Waals surface area contributed by atoms with Crippen LogP contribution in [-0.4, -0.2) is 16.4 Å². The molecule has 11 heavy (non-hydrogen) atoms. The minimum atomic E-state index is -0.271. The summed E-state index contributed by atoms with van der Waals surface area (Å²) in [6.45, 7) is 0. The van der Waals surface area contributed by atoms with Crippen LogP contribution >= 0.6 is 0 Å². The molecule has 0 amide bonds. The van der Waals surface area contributed by atoms with Crippen LogP contribution in [0.15, 0.2) is 4.52 Å². The first-order valence-corrected chi connectivity index (χ1v) is 3.68. The second-order valence-electron chi connectivity index (χ2n) is 2.87. The van der Waals surface area contributed by atoms with Crippen LogP contribution in [0.1, 0.15) is 17.7 Å². The lowest BCUT2D eigenvalue weighted by Gasteiger charge is -2.14. The molecule has 2 rings (SSSR count). The fraction of sp³-hybridized carbons (Fsp3) is 0.571. The van der Waals surface area contributed by atoms with Crippen molar-refractivity contribution in [2.45, 2.75) is 25.4 Å². The molecular formula is C7H10N2O2. The Morgan fingerprint density at radius 2 is 2.45 bits per heavy atom. The van der Waals surface area contributed by atoms with Crippen molar-refractivity contribution in [1.29, 1.82) is 0 Å². The molecule has 1 aliphatic carbocycles. The summed E-state index contributed by atoms with van der Waals surface area (Å²) >= 11 is 0. The molecule has 1 aromatic heterocycles. The molecule has 0 fully saturated rings. The van der Waals surface area contributed by atoms with Crippen molar-refractivity contribution in [3.05, 3.63) is 11.3 Å². The summed E-state index contributed by atoms with van der Waals surface area (Å²) in [5.41, 5.74) is 7.30. The summed E-state index contributed by atoms with van der Waals surface area (Å²) in [4.78, 5) is 0. The van der Waals surface area contributed by atoms with Crippen LogP contribution in [0.2, 0.25) is 0 Å². The Bertz CT molecular complexity index is 269. The monoisotopic (exact) mass is 154 g/mol. The van der Waals surface area contributed by atoms with Crippen LogP contribution in [-0.2, 0) is 12.8 Å². The van der Waals surface area contributed by atoms with Gasteiger partial charge in [-0.25, -0.2) is 0 Å². The number of aromatic nitrogens is 1. The summed E-state index contributed by atoms with van der Waals surface area (Å²) in [5.74, 6) is 0.409. The van der Waals surface area contributed by atoms with Crippen molar-refractivity contribution in [3.8, 4) is 0 Å². The molecule has 0 radical (unpaired) electrons. The Morgan fingerprint density at radius 3 is 3.27 bits per heavy atom. The average Bonchev–Trinajstić information content (AvgIpc) is 2.32. The number of rotatable bonds is 0. The Labute approximate surface area is 64.0 Å². The van der Waals surface area contributed by atoms with Gasteiger partial charge in [0.05, 0.1) is 11.8 Å². The van der Waals surface area contributed by atoms with Crippen LogP contribution in [0.3, 0.4) is 0 Å². The highest BCUT2D eigenvalue weighted by Gasteiger charge is 2.22. The lowest BCUT2D eigenvalue weighted by molar-refractivity contribution is 0.156. The van der Waals surface area contributed by atoms with E-state index in [1.54, 1.807) is 0 Å². The molecular weight excluding hydrogens is 144 g/mol. The van der Waals surface area contributed by atoms with Gasteiger partial charge in [-0.3, -0.25) is 0 Å². The van der Waals surface area contributed by atoms with Crippen molar-refractivity contribution < 1.29 is 9.63 Å². The normalized spacial score (nSPS) is 23.2. The molecule has 0 aromatic carbocycles. The second-order valence-corrected chi connectivity index (χ2v) is 2.87. The SMILES string of the molecule is Nc1onc2c1CCC(O)C2. The van der Waals surface area contributed by atoms with E-state index >= 15 is 0 Å². The summed E-state index contributed by atoms with van der Waals surface area (Å²) in [5, 5.41) is 13.0. The summed E-state index contributed by atoms with van der Waals surface area (Å²) in [6.07, 6.45) is 1.85. The first-order chi connectivity index (χ1) is 5.27. The van der Waals surface area contributed by atoms with Crippen molar-refractivity contribution in [2.24, 2.45) is 0 Å². The Hall–Kier alpha value is -1.03.